The monoisotopic (exact) mass is 511 g/mol. The molecular formula is C26H26ClN3O4S. The summed E-state index contributed by atoms with van der Waals surface area (Å²) in [6, 6.07) is 19.3. The fourth-order valence-corrected chi connectivity index (χ4v) is 4.14. The Kier molecular flexibility index (Phi) is 9.86. The first-order valence-electron chi connectivity index (χ1n) is 10.8. The van der Waals surface area contributed by atoms with E-state index in [1.165, 1.54) is 24.0 Å². The second-order valence-electron chi connectivity index (χ2n) is 7.81. The van der Waals surface area contributed by atoms with Gasteiger partial charge in [0, 0.05) is 22.1 Å². The molecule has 1 unspecified atom stereocenters. The fraction of sp³-hybridized carbons (Fsp3) is 0.192. The highest BCUT2D eigenvalue weighted by molar-refractivity contribution is 7.98. The minimum atomic E-state index is -0.776. The number of aliphatic hydroxyl groups excluding tert-OH is 2. The number of carbonyl (C=O) groups is 2. The van der Waals surface area contributed by atoms with E-state index in [0.29, 0.717) is 27.8 Å². The molecule has 0 bridgehead atoms. The second kappa shape index (κ2) is 13.1. The minimum absolute atomic E-state index is 0.177. The average molecular weight is 512 g/mol. The summed E-state index contributed by atoms with van der Waals surface area (Å²) in [6.45, 7) is 1.70. The maximum Gasteiger partial charge on any atom is 0.273 e. The smallest absolute Gasteiger partial charge is 0.273 e. The van der Waals surface area contributed by atoms with Gasteiger partial charge in [-0.1, -0.05) is 53.6 Å². The van der Waals surface area contributed by atoms with Gasteiger partial charge in [-0.05, 0) is 48.4 Å². The van der Waals surface area contributed by atoms with Crippen LogP contribution >= 0.6 is 23.4 Å². The van der Waals surface area contributed by atoms with Crippen molar-refractivity contribution in [2.45, 2.75) is 18.8 Å². The number of benzene rings is 3. The summed E-state index contributed by atoms with van der Waals surface area (Å²) in [5, 5.41) is 25.5. The molecule has 0 aliphatic carbocycles. The summed E-state index contributed by atoms with van der Waals surface area (Å²) >= 11 is 7.55. The molecule has 0 radical (unpaired) electrons. The third kappa shape index (κ3) is 8.22. The van der Waals surface area contributed by atoms with Gasteiger partial charge in [0.05, 0.1) is 30.2 Å². The predicted octanol–water partition coefficient (Wildman–Crippen LogP) is 4.25. The third-order valence-electron chi connectivity index (χ3n) is 4.91. The van der Waals surface area contributed by atoms with Gasteiger partial charge in [0.1, 0.15) is 0 Å². The molecule has 3 aromatic carbocycles. The Morgan fingerprint density at radius 2 is 1.86 bits per heavy atom. The molecule has 3 rings (SSSR count). The Hall–Kier alpha value is -3.17. The van der Waals surface area contributed by atoms with Crippen LogP contribution in [0, 0.1) is 6.92 Å². The largest absolute Gasteiger partial charge is 0.394 e. The first-order valence-corrected chi connectivity index (χ1v) is 12.4. The molecule has 0 saturated carbocycles. The van der Waals surface area contributed by atoms with Crippen molar-refractivity contribution >= 4 is 47.1 Å². The van der Waals surface area contributed by atoms with Gasteiger partial charge < -0.3 is 15.5 Å². The Morgan fingerprint density at radius 3 is 2.60 bits per heavy atom. The van der Waals surface area contributed by atoms with Crippen LogP contribution in [0.1, 0.15) is 37.4 Å². The van der Waals surface area contributed by atoms with Crippen LogP contribution in [0.5, 0.6) is 0 Å². The molecule has 2 amide bonds. The summed E-state index contributed by atoms with van der Waals surface area (Å²) in [5.41, 5.74) is 6.22. The van der Waals surface area contributed by atoms with Gasteiger partial charge in [-0.2, -0.15) is 16.9 Å². The maximum absolute atomic E-state index is 12.9. The molecule has 4 N–H and O–H groups in total. The molecule has 182 valence electrons. The van der Waals surface area contributed by atoms with E-state index in [1.807, 2.05) is 37.3 Å². The van der Waals surface area contributed by atoms with Gasteiger partial charge >= 0.3 is 0 Å². The number of hydrazone groups is 1. The molecule has 3 aromatic rings. The highest BCUT2D eigenvalue weighted by Crippen LogP contribution is 2.22. The van der Waals surface area contributed by atoms with E-state index in [4.69, 9.17) is 16.7 Å². The number of amides is 2. The first kappa shape index (κ1) is 26.4. The predicted molar refractivity (Wildman–Crippen MR) is 141 cm³/mol. The number of carbonyl (C=O) groups excluding carboxylic acids is 2. The molecule has 7 nitrogen and oxygen atoms in total. The van der Waals surface area contributed by atoms with Crippen LogP contribution in [0.25, 0.3) is 0 Å². The second-order valence-corrected chi connectivity index (χ2v) is 9.27. The van der Waals surface area contributed by atoms with Crippen LogP contribution < -0.4 is 10.7 Å². The van der Waals surface area contributed by atoms with E-state index < -0.39 is 12.0 Å². The molecule has 1 atom stereocenters. The lowest BCUT2D eigenvalue weighted by molar-refractivity contribution is 0.0956. The topological polar surface area (TPSA) is 111 Å². The van der Waals surface area contributed by atoms with E-state index >= 15 is 0 Å². The molecule has 35 heavy (non-hydrogen) atoms. The Labute approximate surface area is 213 Å². The van der Waals surface area contributed by atoms with Gasteiger partial charge in [0.2, 0.25) is 0 Å². The van der Waals surface area contributed by atoms with Gasteiger partial charge in [-0.3, -0.25) is 9.59 Å². The van der Waals surface area contributed by atoms with Gasteiger partial charge in [0.25, 0.3) is 11.8 Å². The normalized spacial score (nSPS) is 11.9. The molecular weight excluding hydrogens is 486 g/mol. The standard InChI is InChI=1S/C26H26ClN3O4S/c1-17-5-7-18(8-6-17)13-28-30-26(34)23-12-21(27)9-10-24(23)29-25(33)20-4-2-3-19(11-20)15-35-16-22(32)14-31/h2-13,22,31-32H,14-16H2,1H3,(H,29,33)(H,30,34)/b28-13+. The summed E-state index contributed by atoms with van der Waals surface area (Å²) in [4.78, 5) is 25.7. The van der Waals surface area contributed by atoms with E-state index in [1.54, 1.807) is 30.3 Å². The summed E-state index contributed by atoms with van der Waals surface area (Å²) in [7, 11) is 0. The Balaban J connectivity index is 1.68. The number of halogens is 1. The number of nitrogens with one attached hydrogen (secondary N) is 2. The first-order chi connectivity index (χ1) is 16.9. The quantitative estimate of drug-likeness (QED) is 0.240. The van der Waals surface area contributed by atoms with E-state index in [2.05, 4.69) is 15.8 Å². The lowest BCUT2D eigenvalue weighted by Gasteiger charge is -2.12. The zero-order chi connectivity index (χ0) is 25.2. The molecule has 9 heteroatoms. The van der Waals surface area contributed by atoms with Crippen LogP contribution in [-0.2, 0) is 5.75 Å². The van der Waals surface area contributed by atoms with E-state index in [0.717, 1.165) is 16.7 Å². The number of hydrogen-bond donors (Lipinski definition) is 4. The molecule has 0 saturated heterocycles. The molecule has 0 aromatic heterocycles. The highest BCUT2D eigenvalue weighted by Gasteiger charge is 2.15. The molecule has 0 aliphatic heterocycles. The van der Waals surface area contributed by atoms with E-state index in [-0.39, 0.29) is 18.1 Å². The Bertz CT molecular complexity index is 1200. The average Bonchev–Trinajstić information content (AvgIpc) is 2.86. The number of aryl methyl sites for hydroxylation is 1. The van der Waals surface area contributed by atoms with Crippen LogP contribution in [-0.4, -0.2) is 46.7 Å². The minimum Gasteiger partial charge on any atom is -0.394 e. The number of nitrogens with zero attached hydrogens (tertiary/aromatic N) is 1. The van der Waals surface area contributed by atoms with Crippen LogP contribution in [0.4, 0.5) is 5.69 Å². The van der Waals surface area contributed by atoms with E-state index in [9.17, 15) is 14.7 Å². The number of hydrogen-bond acceptors (Lipinski definition) is 6. The molecule has 0 fully saturated rings. The van der Waals surface area contributed by atoms with Crippen LogP contribution in [0.15, 0.2) is 71.8 Å². The van der Waals surface area contributed by atoms with Crippen LogP contribution in [0.2, 0.25) is 5.02 Å². The Morgan fingerprint density at radius 1 is 1.09 bits per heavy atom. The zero-order valence-corrected chi connectivity index (χ0v) is 20.6. The maximum atomic E-state index is 12.9. The van der Waals surface area contributed by atoms with Crippen molar-refractivity contribution in [1.29, 1.82) is 0 Å². The molecule has 0 heterocycles. The van der Waals surface area contributed by atoms with Crippen molar-refractivity contribution in [3.63, 3.8) is 0 Å². The van der Waals surface area contributed by atoms with Crippen molar-refractivity contribution in [3.05, 3.63) is 99.6 Å². The highest BCUT2D eigenvalue weighted by atomic mass is 35.5. The number of anilines is 1. The third-order valence-corrected chi connectivity index (χ3v) is 6.30. The summed E-state index contributed by atoms with van der Waals surface area (Å²) in [5.74, 6) is 0.0689. The summed E-state index contributed by atoms with van der Waals surface area (Å²) < 4.78 is 0. The van der Waals surface area contributed by atoms with Crippen molar-refractivity contribution < 1.29 is 19.8 Å². The number of thioether (sulfide) groups is 1. The van der Waals surface area contributed by atoms with Gasteiger partial charge in [-0.25, -0.2) is 5.43 Å². The summed E-state index contributed by atoms with van der Waals surface area (Å²) in [6.07, 6.45) is 0.755. The van der Waals surface area contributed by atoms with Gasteiger partial charge in [0.15, 0.2) is 0 Å². The van der Waals surface area contributed by atoms with Crippen molar-refractivity contribution in [1.82, 2.24) is 5.43 Å². The number of rotatable bonds is 10. The SMILES string of the molecule is Cc1ccc(/C=N/NC(=O)c2cc(Cl)ccc2NC(=O)c2cccc(CSCC(O)CO)c2)cc1. The fourth-order valence-electron chi connectivity index (χ4n) is 3.05. The van der Waals surface area contributed by atoms with Crippen molar-refractivity contribution in [2.24, 2.45) is 5.10 Å². The lowest BCUT2D eigenvalue weighted by Crippen LogP contribution is -2.21. The number of aliphatic hydroxyl groups is 2. The molecule has 0 aliphatic rings. The molecule has 0 spiro atoms. The van der Waals surface area contributed by atoms with Gasteiger partial charge in [-0.15, -0.1) is 0 Å². The van der Waals surface area contributed by atoms with Crippen LogP contribution in [0.3, 0.4) is 0 Å². The van der Waals surface area contributed by atoms with Crippen molar-refractivity contribution in [3.8, 4) is 0 Å². The van der Waals surface area contributed by atoms with Crippen molar-refractivity contribution in [2.75, 3.05) is 17.7 Å². The zero-order valence-electron chi connectivity index (χ0n) is 19.1. The lowest BCUT2D eigenvalue weighted by atomic mass is 10.1.